The first kappa shape index (κ1) is 20.5. The molecule has 0 spiro atoms. The van der Waals surface area contributed by atoms with Gasteiger partial charge in [-0.25, -0.2) is 4.98 Å². The summed E-state index contributed by atoms with van der Waals surface area (Å²) in [5.74, 6) is -1.33. The molecular weight excluding hydrogens is 410 g/mol. The van der Waals surface area contributed by atoms with Crippen molar-refractivity contribution in [3.8, 4) is 6.07 Å². The summed E-state index contributed by atoms with van der Waals surface area (Å²) in [7, 11) is 0. The summed E-state index contributed by atoms with van der Waals surface area (Å²) in [5.41, 5.74) is 10.3. The predicted octanol–water partition coefficient (Wildman–Crippen LogP) is 3.48. The van der Waals surface area contributed by atoms with Gasteiger partial charge < -0.3 is 16.2 Å². The summed E-state index contributed by atoms with van der Waals surface area (Å²) in [6.07, 6.45) is 0. The van der Waals surface area contributed by atoms with E-state index in [1.807, 2.05) is 24.3 Å². The van der Waals surface area contributed by atoms with Gasteiger partial charge in [-0.3, -0.25) is 14.0 Å². The summed E-state index contributed by atoms with van der Waals surface area (Å²) in [4.78, 5) is 27.0. The smallest absolute Gasteiger partial charge is 0.322 e. The van der Waals surface area contributed by atoms with Crippen molar-refractivity contribution < 1.29 is 14.7 Å². The van der Waals surface area contributed by atoms with Gasteiger partial charge in [0.2, 0.25) is 0 Å². The zero-order chi connectivity index (χ0) is 22.8. The van der Waals surface area contributed by atoms with E-state index in [4.69, 9.17) is 10.8 Å². The molecule has 4 N–H and O–H groups in total. The highest BCUT2D eigenvalue weighted by Crippen LogP contribution is 2.35. The molecule has 1 amide bonds. The molecule has 0 unspecified atom stereocenters. The number of amides is 1. The van der Waals surface area contributed by atoms with Crippen molar-refractivity contribution in [1.82, 2.24) is 14.7 Å². The van der Waals surface area contributed by atoms with Crippen molar-refractivity contribution in [3.63, 3.8) is 0 Å². The fraction of sp³-hybridized carbons (Fsp3) is 0.0909. The van der Waals surface area contributed by atoms with Gasteiger partial charge in [-0.05, 0) is 43.3 Å². The molecule has 0 aliphatic heterocycles. The third-order valence-electron chi connectivity index (χ3n) is 4.91. The second-order valence-electron chi connectivity index (χ2n) is 6.93. The van der Waals surface area contributed by atoms with Crippen molar-refractivity contribution in [2.45, 2.75) is 6.92 Å². The maximum absolute atomic E-state index is 11.9. The molecule has 0 aliphatic rings. The summed E-state index contributed by atoms with van der Waals surface area (Å²) in [5, 5.41) is 29.1. The van der Waals surface area contributed by atoms with Gasteiger partial charge >= 0.3 is 5.97 Å². The number of para-hydroxylation sites is 2. The van der Waals surface area contributed by atoms with Gasteiger partial charge in [0.1, 0.15) is 29.7 Å². The van der Waals surface area contributed by atoms with Gasteiger partial charge in [0.15, 0.2) is 5.65 Å². The number of carboxylic acid groups (broad SMARTS) is 1. The van der Waals surface area contributed by atoms with E-state index in [1.54, 1.807) is 23.5 Å². The number of benzene rings is 2. The number of nitrogens with one attached hydrogen (secondary N) is 1. The molecule has 0 saturated carbocycles. The highest BCUT2D eigenvalue weighted by Gasteiger charge is 2.19. The average Bonchev–Trinajstić information content (AvgIpc) is 3.17. The lowest BCUT2D eigenvalue weighted by Gasteiger charge is -2.10. The zero-order valence-electron chi connectivity index (χ0n) is 16.9. The van der Waals surface area contributed by atoms with Crippen molar-refractivity contribution >= 4 is 45.7 Å². The molecule has 4 aromatic rings. The van der Waals surface area contributed by atoms with E-state index in [-0.39, 0.29) is 0 Å². The van der Waals surface area contributed by atoms with Crippen LogP contribution in [0.4, 0.5) is 17.2 Å². The number of fused-ring (bicyclic) bond motifs is 3. The number of imidazole rings is 1. The predicted molar refractivity (Wildman–Crippen MR) is 117 cm³/mol. The average molecular weight is 427 g/mol. The zero-order valence-corrected chi connectivity index (χ0v) is 16.9. The van der Waals surface area contributed by atoms with Crippen molar-refractivity contribution in [2.75, 3.05) is 12.3 Å². The molecule has 10 nitrogen and oxygen atoms in total. The molecule has 2 heterocycles. The Morgan fingerprint density at radius 2 is 1.91 bits per heavy atom. The first-order chi connectivity index (χ1) is 15.4. The van der Waals surface area contributed by atoms with E-state index >= 15 is 0 Å². The largest absolute Gasteiger partial charge is 0.480 e. The van der Waals surface area contributed by atoms with Crippen LogP contribution in [0, 0.1) is 18.3 Å². The lowest BCUT2D eigenvalue weighted by atomic mass is 10.1. The second-order valence-corrected chi connectivity index (χ2v) is 6.93. The Bertz CT molecular complexity index is 1450. The number of nitrogen functional groups attached to an aromatic ring is 1. The fourth-order valence-electron chi connectivity index (χ4n) is 3.33. The van der Waals surface area contributed by atoms with Gasteiger partial charge in [0.05, 0.1) is 16.7 Å². The van der Waals surface area contributed by atoms with E-state index in [2.05, 4.69) is 26.6 Å². The van der Waals surface area contributed by atoms with Crippen LogP contribution in [-0.2, 0) is 4.79 Å². The summed E-state index contributed by atoms with van der Waals surface area (Å²) in [6.45, 7) is 1.27. The monoisotopic (exact) mass is 427 g/mol. The number of aliphatic carboxylic acids is 1. The molecule has 0 aliphatic carbocycles. The third kappa shape index (κ3) is 3.59. The molecule has 0 atom stereocenters. The number of nitriles is 1. The summed E-state index contributed by atoms with van der Waals surface area (Å²) < 4.78 is 1.69. The van der Waals surface area contributed by atoms with Crippen LogP contribution < -0.4 is 11.1 Å². The first-order valence-electron chi connectivity index (χ1n) is 9.52. The van der Waals surface area contributed by atoms with E-state index in [0.717, 1.165) is 5.52 Å². The van der Waals surface area contributed by atoms with E-state index in [9.17, 15) is 14.9 Å². The van der Waals surface area contributed by atoms with Gasteiger partial charge in [-0.1, -0.05) is 12.1 Å². The Morgan fingerprint density at radius 3 is 2.59 bits per heavy atom. The highest BCUT2D eigenvalue weighted by atomic mass is 16.4. The molecule has 0 fully saturated rings. The molecule has 32 heavy (non-hydrogen) atoms. The Morgan fingerprint density at radius 1 is 1.19 bits per heavy atom. The molecule has 4 rings (SSSR count). The quantitative estimate of drug-likeness (QED) is 0.414. The van der Waals surface area contributed by atoms with Gasteiger partial charge in [0, 0.05) is 11.1 Å². The number of azo groups is 1. The van der Waals surface area contributed by atoms with Crippen LogP contribution in [0.25, 0.3) is 16.7 Å². The number of nitrogens with zero attached hydrogens (tertiary/aromatic N) is 5. The molecule has 2 aromatic heterocycles. The van der Waals surface area contributed by atoms with Crippen LogP contribution in [-0.4, -0.2) is 32.9 Å². The first-order valence-corrected chi connectivity index (χ1v) is 9.52. The number of hydrogen-bond acceptors (Lipinski definition) is 7. The number of carboxylic acids is 1. The van der Waals surface area contributed by atoms with Crippen molar-refractivity contribution in [3.05, 3.63) is 65.2 Å². The molecule has 0 radical (unpaired) electrons. The lowest BCUT2D eigenvalue weighted by Crippen LogP contribution is -2.29. The number of rotatable bonds is 5. The van der Waals surface area contributed by atoms with Gasteiger partial charge in [-0.15, -0.1) is 5.11 Å². The van der Waals surface area contributed by atoms with E-state index in [1.165, 1.54) is 12.1 Å². The van der Waals surface area contributed by atoms with Crippen LogP contribution >= 0.6 is 0 Å². The summed E-state index contributed by atoms with van der Waals surface area (Å²) >= 11 is 0. The third-order valence-corrected chi connectivity index (χ3v) is 4.91. The SMILES string of the molecule is Cc1c(N=Nc2ccc(C(=O)NCC(=O)O)cc2)c(N)n2c(nc3ccccc32)c1C#N. The minimum absolute atomic E-state index is 0.291. The van der Waals surface area contributed by atoms with Crippen molar-refractivity contribution in [1.29, 1.82) is 5.26 Å². The van der Waals surface area contributed by atoms with Crippen LogP contribution in [0.5, 0.6) is 0 Å². The van der Waals surface area contributed by atoms with E-state index in [0.29, 0.717) is 45.0 Å². The molecule has 2 aromatic carbocycles. The lowest BCUT2D eigenvalue weighted by molar-refractivity contribution is -0.135. The number of anilines is 1. The van der Waals surface area contributed by atoms with Crippen LogP contribution in [0.3, 0.4) is 0 Å². The van der Waals surface area contributed by atoms with E-state index < -0.39 is 18.4 Å². The maximum atomic E-state index is 11.9. The van der Waals surface area contributed by atoms with Crippen LogP contribution in [0.2, 0.25) is 0 Å². The van der Waals surface area contributed by atoms with Gasteiger partial charge in [-0.2, -0.15) is 10.4 Å². The standard InChI is InChI=1S/C22H17N7O3/c1-12-15(10-23)21-26-16-4-2-3-5-17(16)29(21)20(24)19(12)28-27-14-8-6-13(7-9-14)22(32)25-11-18(30)31/h2-9H,11,24H2,1H3,(H,25,32)(H,30,31). The minimum Gasteiger partial charge on any atom is -0.480 e. The number of aromatic nitrogens is 2. The second kappa shape index (κ2) is 8.16. The number of nitrogens with two attached hydrogens (primary N) is 1. The highest BCUT2D eigenvalue weighted by molar-refractivity contribution is 5.96. The maximum Gasteiger partial charge on any atom is 0.322 e. The number of carbonyl (C=O) groups is 2. The van der Waals surface area contributed by atoms with Crippen LogP contribution in [0.1, 0.15) is 21.5 Å². The number of hydrogen-bond donors (Lipinski definition) is 3. The Balaban J connectivity index is 1.71. The Kier molecular flexibility index (Phi) is 5.22. The Hall–Kier alpha value is -4.78. The fourth-order valence-corrected chi connectivity index (χ4v) is 3.33. The molecular formula is C22H17N7O3. The summed E-state index contributed by atoms with van der Waals surface area (Å²) in [6, 6.07) is 15.8. The topological polar surface area (TPSA) is 158 Å². The normalized spacial score (nSPS) is 11.1. The minimum atomic E-state index is -1.13. The molecule has 10 heteroatoms. The van der Waals surface area contributed by atoms with Crippen LogP contribution in [0.15, 0.2) is 58.8 Å². The Labute approximate surface area is 181 Å². The number of carbonyl (C=O) groups excluding carboxylic acids is 1. The van der Waals surface area contributed by atoms with Crippen molar-refractivity contribution in [2.24, 2.45) is 10.2 Å². The van der Waals surface area contributed by atoms with Gasteiger partial charge in [0.25, 0.3) is 5.91 Å². The molecule has 0 bridgehead atoms. The molecule has 158 valence electrons. The number of pyridine rings is 1. The molecule has 0 saturated heterocycles.